The minimum Gasteiger partial charge on any atom is -0.493 e. The minimum absolute atomic E-state index is 0.585. The lowest BCUT2D eigenvalue weighted by atomic mass is 10.3. The van der Waals surface area contributed by atoms with Crippen molar-refractivity contribution < 1.29 is 14.2 Å². The number of aromatic nitrogens is 2. The minimum atomic E-state index is 0.585. The summed E-state index contributed by atoms with van der Waals surface area (Å²) in [4.78, 5) is 4.19. The lowest BCUT2D eigenvalue weighted by Gasteiger charge is -2.08. The normalized spacial score (nSPS) is 10.3. The van der Waals surface area contributed by atoms with Gasteiger partial charge in [0.25, 0.3) is 0 Å². The van der Waals surface area contributed by atoms with Gasteiger partial charge in [0.15, 0.2) is 11.5 Å². The first-order valence-electron chi connectivity index (χ1n) is 6.79. The average molecular weight is 296 g/mol. The van der Waals surface area contributed by atoms with E-state index < -0.39 is 0 Å². The first-order valence-corrected chi connectivity index (χ1v) is 6.79. The summed E-state index contributed by atoms with van der Waals surface area (Å²) in [6.07, 6.45) is 5.54. The van der Waals surface area contributed by atoms with Gasteiger partial charge in [-0.1, -0.05) is 12.1 Å². The van der Waals surface area contributed by atoms with Gasteiger partial charge in [-0.2, -0.15) is 0 Å². The first-order chi connectivity index (χ1) is 10.8. The van der Waals surface area contributed by atoms with Crippen molar-refractivity contribution in [2.75, 3.05) is 14.2 Å². The summed E-state index contributed by atoms with van der Waals surface area (Å²) in [7, 11) is 3.22. The summed E-state index contributed by atoms with van der Waals surface area (Å²) in [6.45, 7) is 0. The highest BCUT2D eigenvalue weighted by molar-refractivity contribution is 5.43. The lowest BCUT2D eigenvalue weighted by Crippen LogP contribution is -1.93. The molecule has 0 unspecified atom stereocenters. The van der Waals surface area contributed by atoms with E-state index in [-0.39, 0.29) is 0 Å². The zero-order valence-electron chi connectivity index (χ0n) is 12.4. The average Bonchev–Trinajstić information content (AvgIpc) is 3.04. The molecule has 0 aliphatic rings. The topological polar surface area (TPSA) is 45.5 Å². The van der Waals surface area contributed by atoms with Crippen molar-refractivity contribution in [2.24, 2.45) is 0 Å². The van der Waals surface area contributed by atoms with Gasteiger partial charge >= 0.3 is 0 Å². The Morgan fingerprint density at radius 1 is 0.909 bits per heavy atom. The number of rotatable bonds is 5. The number of hydrogen-bond acceptors (Lipinski definition) is 4. The van der Waals surface area contributed by atoms with Crippen LogP contribution in [0.1, 0.15) is 0 Å². The Morgan fingerprint density at radius 3 is 2.41 bits per heavy atom. The molecule has 1 aromatic carbocycles. The molecule has 5 nitrogen and oxygen atoms in total. The number of hydrogen-bond donors (Lipinski definition) is 0. The summed E-state index contributed by atoms with van der Waals surface area (Å²) in [5.41, 5.74) is 0.927. The lowest BCUT2D eigenvalue weighted by molar-refractivity contribution is 0.379. The molecule has 2 aromatic heterocycles. The van der Waals surface area contributed by atoms with Crippen molar-refractivity contribution in [3.8, 4) is 28.8 Å². The summed E-state index contributed by atoms with van der Waals surface area (Å²) in [5.74, 6) is 2.68. The van der Waals surface area contributed by atoms with Crippen molar-refractivity contribution in [1.82, 2.24) is 9.55 Å². The van der Waals surface area contributed by atoms with Crippen LogP contribution in [0.25, 0.3) is 5.69 Å². The molecule has 5 heteroatoms. The Bertz CT molecular complexity index is 751. The molecule has 22 heavy (non-hydrogen) atoms. The van der Waals surface area contributed by atoms with Gasteiger partial charge in [0, 0.05) is 12.3 Å². The molecule has 0 amide bonds. The van der Waals surface area contributed by atoms with Gasteiger partial charge in [-0.15, -0.1) is 0 Å². The van der Waals surface area contributed by atoms with Crippen LogP contribution in [0.15, 0.2) is 61.1 Å². The second-order valence-corrected chi connectivity index (χ2v) is 4.57. The summed E-state index contributed by atoms with van der Waals surface area (Å²) >= 11 is 0. The van der Waals surface area contributed by atoms with Crippen LogP contribution in [0.4, 0.5) is 0 Å². The van der Waals surface area contributed by atoms with Crippen molar-refractivity contribution >= 4 is 0 Å². The Labute approximate surface area is 128 Å². The maximum Gasteiger partial charge on any atom is 0.213 e. The molecular formula is C17H16N2O3. The van der Waals surface area contributed by atoms with E-state index in [0.717, 1.165) is 11.4 Å². The molecule has 0 spiro atoms. The van der Waals surface area contributed by atoms with Gasteiger partial charge in [-0.25, -0.2) is 4.98 Å². The van der Waals surface area contributed by atoms with Crippen LogP contribution in [0.5, 0.6) is 23.1 Å². The zero-order chi connectivity index (χ0) is 15.4. The Hall–Kier alpha value is -2.95. The standard InChI is InChI=1S/C17H16N2O3/c1-20-15-5-3-4-6-16(15)22-14-9-10-19(12-14)13-7-8-17(21-2)18-11-13/h3-12H,1-2H3. The summed E-state index contributed by atoms with van der Waals surface area (Å²) in [6, 6.07) is 13.2. The molecule has 0 saturated heterocycles. The quantitative estimate of drug-likeness (QED) is 0.720. The monoisotopic (exact) mass is 296 g/mol. The van der Waals surface area contributed by atoms with Crippen LogP contribution >= 0.6 is 0 Å². The van der Waals surface area contributed by atoms with E-state index in [2.05, 4.69) is 4.98 Å². The predicted octanol–water partition coefficient (Wildman–Crippen LogP) is 3.68. The van der Waals surface area contributed by atoms with E-state index >= 15 is 0 Å². The van der Waals surface area contributed by atoms with Gasteiger partial charge in [0.05, 0.1) is 32.3 Å². The molecule has 0 aliphatic heterocycles. The highest BCUT2D eigenvalue weighted by Crippen LogP contribution is 2.31. The van der Waals surface area contributed by atoms with E-state index in [0.29, 0.717) is 17.4 Å². The van der Waals surface area contributed by atoms with Gasteiger partial charge in [-0.05, 0) is 24.3 Å². The molecule has 3 rings (SSSR count). The van der Waals surface area contributed by atoms with Crippen LogP contribution in [0.2, 0.25) is 0 Å². The third-order valence-corrected chi connectivity index (χ3v) is 3.19. The summed E-state index contributed by atoms with van der Waals surface area (Å²) < 4.78 is 18.1. The first kappa shape index (κ1) is 14.0. The Balaban J connectivity index is 1.81. The number of pyridine rings is 1. The number of para-hydroxylation sites is 2. The van der Waals surface area contributed by atoms with E-state index in [1.807, 2.05) is 59.4 Å². The predicted molar refractivity (Wildman–Crippen MR) is 83.2 cm³/mol. The van der Waals surface area contributed by atoms with Crippen LogP contribution in [-0.2, 0) is 0 Å². The number of benzene rings is 1. The third-order valence-electron chi connectivity index (χ3n) is 3.19. The third kappa shape index (κ3) is 2.88. The second kappa shape index (κ2) is 6.22. The zero-order valence-corrected chi connectivity index (χ0v) is 12.4. The fourth-order valence-corrected chi connectivity index (χ4v) is 2.07. The van der Waals surface area contributed by atoms with Crippen molar-refractivity contribution in [3.63, 3.8) is 0 Å². The van der Waals surface area contributed by atoms with Crippen molar-refractivity contribution in [1.29, 1.82) is 0 Å². The van der Waals surface area contributed by atoms with Crippen molar-refractivity contribution in [3.05, 3.63) is 61.1 Å². The molecule has 0 atom stereocenters. The fourth-order valence-electron chi connectivity index (χ4n) is 2.07. The molecule has 0 aliphatic carbocycles. The van der Waals surface area contributed by atoms with Crippen molar-refractivity contribution in [2.45, 2.75) is 0 Å². The Morgan fingerprint density at radius 2 is 1.73 bits per heavy atom. The number of ether oxygens (including phenoxy) is 3. The van der Waals surface area contributed by atoms with Gasteiger partial charge in [0.2, 0.25) is 5.88 Å². The molecule has 2 heterocycles. The van der Waals surface area contributed by atoms with Gasteiger partial charge in [-0.3, -0.25) is 0 Å². The molecule has 3 aromatic rings. The Kier molecular flexibility index (Phi) is 3.96. The highest BCUT2D eigenvalue weighted by atomic mass is 16.5. The number of nitrogens with zero attached hydrogens (tertiary/aromatic N) is 2. The number of methoxy groups -OCH3 is 2. The smallest absolute Gasteiger partial charge is 0.213 e. The SMILES string of the molecule is COc1ccc(-n2ccc(Oc3ccccc3OC)c2)cn1. The molecule has 112 valence electrons. The van der Waals surface area contributed by atoms with Crippen LogP contribution in [-0.4, -0.2) is 23.8 Å². The molecule has 0 fully saturated rings. The largest absolute Gasteiger partial charge is 0.493 e. The van der Waals surface area contributed by atoms with E-state index in [1.165, 1.54) is 0 Å². The van der Waals surface area contributed by atoms with E-state index in [9.17, 15) is 0 Å². The molecule has 0 radical (unpaired) electrons. The highest BCUT2D eigenvalue weighted by Gasteiger charge is 2.06. The van der Waals surface area contributed by atoms with Crippen LogP contribution in [0, 0.1) is 0 Å². The molecule has 0 N–H and O–H groups in total. The molecular weight excluding hydrogens is 280 g/mol. The molecule has 0 saturated carbocycles. The van der Waals surface area contributed by atoms with E-state index in [1.54, 1.807) is 20.4 Å². The van der Waals surface area contributed by atoms with Gasteiger partial charge < -0.3 is 18.8 Å². The fraction of sp³-hybridized carbons (Fsp3) is 0.118. The van der Waals surface area contributed by atoms with Crippen LogP contribution in [0.3, 0.4) is 0 Å². The maximum atomic E-state index is 5.86. The summed E-state index contributed by atoms with van der Waals surface area (Å²) in [5, 5.41) is 0. The second-order valence-electron chi connectivity index (χ2n) is 4.57. The van der Waals surface area contributed by atoms with Crippen LogP contribution < -0.4 is 14.2 Å². The molecule has 0 bridgehead atoms. The maximum absolute atomic E-state index is 5.86. The van der Waals surface area contributed by atoms with Gasteiger partial charge in [0.1, 0.15) is 5.75 Å². The van der Waals surface area contributed by atoms with E-state index in [4.69, 9.17) is 14.2 Å².